The highest BCUT2D eigenvalue weighted by Crippen LogP contribution is 2.21. The Hall–Kier alpha value is -2.43. The molecule has 0 saturated heterocycles. The first kappa shape index (κ1) is 19.3. The first-order valence-electron chi connectivity index (χ1n) is 7.59. The maximum Gasteiger partial charge on any atom is 0.263 e. The fourth-order valence-corrected chi connectivity index (χ4v) is 4.48. The second kappa shape index (κ2) is 7.67. The molecular weight excluding hydrogens is 454 g/mol. The lowest BCUT2D eigenvalue weighted by Gasteiger charge is -2.10. The van der Waals surface area contributed by atoms with Crippen LogP contribution in [-0.2, 0) is 20.0 Å². The summed E-state index contributed by atoms with van der Waals surface area (Å²) in [4.78, 5) is 3.99. The first-order valence-corrected chi connectivity index (χ1v) is 11.3. The van der Waals surface area contributed by atoms with Gasteiger partial charge in [0, 0.05) is 16.4 Å². The van der Waals surface area contributed by atoms with Crippen LogP contribution in [0.25, 0.3) is 0 Å². The average Bonchev–Trinajstić information content (AvgIpc) is 2.63. The molecule has 0 aliphatic heterocycles. The molecule has 2 N–H and O–H groups in total. The summed E-state index contributed by atoms with van der Waals surface area (Å²) >= 11 is 3.25. The van der Waals surface area contributed by atoms with E-state index in [-0.39, 0.29) is 21.3 Å². The molecular formula is C17H14BrN3O4S2. The smallest absolute Gasteiger partial charge is 0.263 e. The number of hydrogen-bond acceptors (Lipinski definition) is 5. The summed E-state index contributed by atoms with van der Waals surface area (Å²) in [6, 6.07) is 16.4. The number of rotatable bonds is 6. The zero-order chi connectivity index (χ0) is 19.5. The van der Waals surface area contributed by atoms with Gasteiger partial charge in [0.2, 0.25) is 0 Å². The molecule has 0 aliphatic carbocycles. The second-order valence-electron chi connectivity index (χ2n) is 5.40. The lowest BCUT2D eigenvalue weighted by atomic mass is 10.3. The molecule has 0 aliphatic rings. The van der Waals surface area contributed by atoms with Gasteiger partial charge < -0.3 is 0 Å². The SMILES string of the molecule is O=S(=O)(Nc1ccc(S(=O)(=O)Nc2ccccn2)cc1)c1ccc(Br)cc1. The van der Waals surface area contributed by atoms with Crippen LogP contribution < -0.4 is 9.44 Å². The average molecular weight is 468 g/mol. The van der Waals surface area contributed by atoms with E-state index in [0.29, 0.717) is 0 Å². The fraction of sp³-hybridized carbons (Fsp3) is 0. The van der Waals surface area contributed by atoms with Crippen LogP contribution in [0.3, 0.4) is 0 Å². The van der Waals surface area contributed by atoms with Crippen molar-refractivity contribution in [2.75, 3.05) is 9.44 Å². The van der Waals surface area contributed by atoms with Crippen molar-refractivity contribution in [1.29, 1.82) is 0 Å². The maximum atomic E-state index is 12.4. The Kier molecular flexibility index (Phi) is 5.49. The topological polar surface area (TPSA) is 105 Å². The van der Waals surface area contributed by atoms with Crippen molar-refractivity contribution < 1.29 is 16.8 Å². The lowest BCUT2D eigenvalue weighted by Crippen LogP contribution is -2.15. The molecule has 1 aromatic heterocycles. The van der Waals surface area contributed by atoms with Crippen molar-refractivity contribution in [2.45, 2.75) is 9.79 Å². The van der Waals surface area contributed by atoms with Gasteiger partial charge in [0.15, 0.2) is 0 Å². The van der Waals surface area contributed by atoms with Crippen LogP contribution in [0, 0.1) is 0 Å². The van der Waals surface area contributed by atoms with Gasteiger partial charge in [-0.1, -0.05) is 22.0 Å². The van der Waals surface area contributed by atoms with Crippen LogP contribution in [0.4, 0.5) is 11.5 Å². The predicted octanol–water partition coefficient (Wildman–Crippen LogP) is 3.45. The molecule has 1 heterocycles. The van der Waals surface area contributed by atoms with Gasteiger partial charge in [0.1, 0.15) is 5.82 Å². The van der Waals surface area contributed by atoms with Gasteiger partial charge in [-0.15, -0.1) is 0 Å². The van der Waals surface area contributed by atoms with Crippen LogP contribution in [0.1, 0.15) is 0 Å². The van der Waals surface area contributed by atoms with Gasteiger partial charge in [-0.3, -0.25) is 9.44 Å². The number of sulfonamides is 2. The highest BCUT2D eigenvalue weighted by Gasteiger charge is 2.17. The summed E-state index contributed by atoms with van der Waals surface area (Å²) in [5.74, 6) is 0.192. The number of aromatic nitrogens is 1. The summed E-state index contributed by atoms with van der Waals surface area (Å²) in [6.45, 7) is 0. The summed E-state index contributed by atoms with van der Waals surface area (Å²) in [7, 11) is -7.60. The van der Waals surface area contributed by atoms with Crippen molar-refractivity contribution >= 4 is 47.5 Å². The Morgan fingerprint density at radius 1 is 0.704 bits per heavy atom. The molecule has 0 saturated carbocycles. The third-order valence-corrected chi connectivity index (χ3v) is 6.74. The molecule has 0 fully saturated rings. The Morgan fingerprint density at radius 2 is 1.26 bits per heavy atom. The van der Waals surface area contributed by atoms with Gasteiger partial charge in [-0.2, -0.15) is 0 Å². The zero-order valence-electron chi connectivity index (χ0n) is 13.7. The molecule has 0 bridgehead atoms. The van der Waals surface area contributed by atoms with E-state index in [9.17, 15) is 16.8 Å². The molecule has 3 aromatic rings. The normalized spacial score (nSPS) is 11.7. The standard InChI is InChI=1S/C17H14BrN3O4S2/c18-13-4-8-15(9-5-13)26(22,23)20-14-6-10-16(11-7-14)27(24,25)21-17-3-1-2-12-19-17/h1-12,20H,(H,19,21). The quantitative estimate of drug-likeness (QED) is 0.577. The molecule has 27 heavy (non-hydrogen) atoms. The predicted molar refractivity (Wildman–Crippen MR) is 106 cm³/mol. The third kappa shape index (κ3) is 4.85. The molecule has 0 unspecified atom stereocenters. The highest BCUT2D eigenvalue weighted by atomic mass is 79.9. The number of halogens is 1. The zero-order valence-corrected chi connectivity index (χ0v) is 16.9. The number of nitrogens with zero attached hydrogens (tertiary/aromatic N) is 1. The molecule has 2 aromatic carbocycles. The third-order valence-electron chi connectivity index (χ3n) is 3.44. The molecule has 7 nitrogen and oxygen atoms in total. The van der Waals surface area contributed by atoms with Crippen molar-refractivity contribution in [1.82, 2.24) is 4.98 Å². The Bertz CT molecular complexity index is 1130. The first-order chi connectivity index (χ1) is 12.8. The van der Waals surface area contributed by atoms with Crippen LogP contribution >= 0.6 is 15.9 Å². The van der Waals surface area contributed by atoms with Crippen molar-refractivity contribution in [3.63, 3.8) is 0 Å². The van der Waals surface area contributed by atoms with Gasteiger partial charge in [0.05, 0.1) is 9.79 Å². The Morgan fingerprint density at radius 3 is 1.81 bits per heavy atom. The molecule has 140 valence electrons. The summed E-state index contributed by atoms with van der Waals surface area (Å²) in [5, 5.41) is 0. The molecule has 0 amide bonds. The molecule has 10 heteroatoms. The second-order valence-corrected chi connectivity index (χ2v) is 9.68. The number of benzene rings is 2. The summed E-state index contributed by atoms with van der Waals surface area (Å²) < 4.78 is 55.0. The van der Waals surface area contributed by atoms with E-state index in [4.69, 9.17) is 0 Å². The van der Waals surface area contributed by atoms with Gasteiger partial charge >= 0.3 is 0 Å². The minimum absolute atomic E-state index is 0.0141. The van der Waals surface area contributed by atoms with E-state index in [1.807, 2.05) is 0 Å². The van der Waals surface area contributed by atoms with E-state index in [1.165, 1.54) is 48.7 Å². The Balaban J connectivity index is 1.78. The molecule has 3 rings (SSSR count). The number of anilines is 2. The van der Waals surface area contributed by atoms with Crippen molar-refractivity contribution in [3.8, 4) is 0 Å². The molecule has 0 spiro atoms. The number of nitrogens with one attached hydrogen (secondary N) is 2. The number of pyridine rings is 1. The lowest BCUT2D eigenvalue weighted by molar-refractivity contribution is 0.600. The van der Waals surface area contributed by atoms with E-state index in [1.54, 1.807) is 24.3 Å². The fourth-order valence-electron chi connectivity index (χ4n) is 2.15. The van der Waals surface area contributed by atoms with Crippen LogP contribution in [0.15, 0.2) is 87.2 Å². The van der Waals surface area contributed by atoms with Crippen LogP contribution in [0.2, 0.25) is 0 Å². The van der Waals surface area contributed by atoms with E-state index >= 15 is 0 Å². The minimum atomic E-state index is -3.83. The summed E-state index contributed by atoms with van der Waals surface area (Å²) in [5.41, 5.74) is 0.245. The van der Waals surface area contributed by atoms with Gasteiger partial charge in [0.25, 0.3) is 20.0 Å². The van der Waals surface area contributed by atoms with Gasteiger partial charge in [-0.25, -0.2) is 21.8 Å². The minimum Gasteiger partial charge on any atom is -0.280 e. The monoisotopic (exact) mass is 467 g/mol. The summed E-state index contributed by atoms with van der Waals surface area (Å²) in [6.07, 6.45) is 1.47. The molecule has 0 radical (unpaired) electrons. The van der Waals surface area contributed by atoms with E-state index in [0.717, 1.165) is 4.47 Å². The van der Waals surface area contributed by atoms with Crippen molar-refractivity contribution in [2.24, 2.45) is 0 Å². The highest BCUT2D eigenvalue weighted by molar-refractivity contribution is 9.10. The maximum absolute atomic E-state index is 12.4. The van der Waals surface area contributed by atoms with Crippen molar-refractivity contribution in [3.05, 3.63) is 77.4 Å². The van der Waals surface area contributed by atoms with Crippen LogP contribution in [0.5, 0.6) is 0 Å². The van der Waals surface area contributed by atoms with E-state index < -0.39 is 20.0 Å². The molecule has 0 atom stereocenters. The Labute approximate surface area is 165 Å². The van der Waals surface area contributed by atoms with E-state index in [2.05, 4.69) is 30.4 Å². The largest absolute Gasteiger partial charge is 0.280 e. The van der Waals surface area contributed by atoms with Crippen LogP contribution in [-0.4, -0.2) is 21.8 Å². The number of hydrogen-bond donors (Lipinski definition) is 2. The van der Waals surface area contributed by atoms with Gasteiger partial charge in [-0.05, 0) is 60.7 Å².